The number of sulfonamides is 1. The number of nitrogens with one attached hydrogen (secondary N) is 1. The first-order valence-electron chi connectivity index (χ1n) is 10.1. The van der Waals surface area contributed by atoms with Crippen LogP contribution < -0.4 is 4.72 Å². The van der Waals surface area contributed by atoms with E-state index in [2.05, 4.69) is 26.7 Å². The van der Waals surface area contributed by atoms with Gasteiger partial charge < -0.3 is 4.90 Å². The van der Waals surface area contributed by atoms with Crippen LogP contribution in [-0.2, 0) is 10.0 Å². The zero-order valence-corrected chi connectivity index (χ0v) is 16.5. The summed E-state index contributed by atoms with van der Waals surface area (Å²) in [4.78, 5) is 4.77. The largest absolute Gasteiger partial charge is 0.305 e. The number of likely N-dealkylation sites (tertiary alicyclic amines) is 1. The number of benzene rings is 1. The Hall–Kier alpha value is -1.11. The van der Waals surface area contributed by atoms with Gasteiger partial charge in [-0.25, -0.2) is 8.42 Å². The molecule has 0 bridgehead atoms. The van der Waals surface area contributed by atoms with Gasteiger partial charge in [0.1, 0.15) is 0 Å². The van der Waals surface area contributed by atoms with Gasteiger partial charge in [-0.3, -0.25) is 9.62 Å². The van der Waals surface area contributed by atoms with Gasteiger partial charge in [-0.15, -0.1) is 0 Å². The highest BCUT2D eigenvalue weighted by Crippen LogP contribution is 2.40. The highest BCUT2D eigenvalue weighted by Gasteiger charge is 2.35. The van der Waals surface area contributed by atoms with Crippen molar-refractivity contribution in [3.05, 3.63) is 29.8 Å². The molecular formula is C20H31N3O2S. The lowest BCUT2D eigenvalue weighted by Gasteiger charge is -2.34. The third-order valence-electron chi connectivity index (χ3n) is 6.42. The monoisotopic (exact) mass is 377 g/mol. The Morgan fingerprint density at radius 2 is 1.77 bits per heavy atom. The van der Waals surface area contributed by atoms with Gasteiger partial charge in [-0.05, 0) is 76.4 Å². The van der Waals surface area contributed by atoms with E-state index < -0.39 is 10.0 Å². The fraction of sp³-hybridized carbons (Fsp3) is 0.700. The predicted molar refractivity (Wildman–Crippen MR) is 106 cm³/mol. The second-order valence-corrected chi connectivity index (χ2v) is 10.2. The summed E-state index contributed by atoms with van der Waals surface area (Å²) in [5, 5.41) is -0.315. The van der Waals surface area contributed by atoms with Gasteiger partial charge >= 0.3 is 0 Å². The second kappa shape index (κ2) is 7.49. The highest BCUT2D eigenvalue weighted by atomic mass is 32.2. The number of piperidine rings is 2. The van der Waals surface area contributed by atoms with Crippen molar-refractivity contribution in [1.29, 1.82) is 0 Å². The molecule has 0 radical (unpaired) electrons. The van der Waals surface area contributed by atoms with Gasteiger partial charge in [-0.1, -0.05) is 18.6 Å². The lowest BCUT2D eigenvalue weighted by atomic mass is 10.0. The van der Waals surface area contributed by atoms with Crippen LogP contribution in [0.1, 0.15) is 56.6 Å². The molecular weight excluding hydrogens is 346 g/mol. The molecule has 144 valence electrons. The topological polar surface area (TPSA) is 52.7 Å². The van der Waals surface area contributed by atoms with Gasteiger partial charge in [0.05, 0.1) is 5.25 Å². The van der Waals surface area contributed by atoms with E-state index in [0.29, 0.717) is 18.3 Å². The van der Waals surface area contributed by atoms with Gasteiger partial charge in [-0.2, -0.15) is 0 Å². The number of hydrogen-bond donors (Lipinski definition) is 1. The lowest BCUT2D eigenvalue weighted by Crippen LogP contribution is -2.42. The smallest absolute Gasteiger partial charge is 0.236 e. The summed E-state index contributed by atoms with van der Waals surface area (Å²) in [6, 6.07) is 9.39. The van der Waals surface area contributed by atoms with Crippen molar-refractivity contribution in [2.75, 3.05) is 31.4 Å². The predicted octanol–water partition coefficient (Wildman–Crippen LogP) is 3.21. The van der Waals surface area contributed by atoms with Crippen LogP contribution in [0.5, 0.6) is 0 Å². The first kappa shape index (κ1) is 18.3. The van der Waals surface area contributed by atoms with Crippen LogP contribution in [0.15, 0.2) is 24.3 Å². The molecule has 3 aliphatic heterocycles. The Morgan fingerprint density at radius 1 is 0.962 bits per heavy atom. The zero-order chi connectivity index (χ0) is 18.1. The Balaban J connectivity index is 1.43. The summed E-state index contributed by atoms with van der Waals surface area (Å²) in [5.41, 5.74) is 2.02. The van der Waals surface area contributed by atoms with Gasteiger partial charge in [0.15, 0.2) is 0 Å². The summed E-state index contributed by atoms with van der Waals surface area (Å²) in [5.74, 6) is 0. The summed E-state index contributed by atoms with van der Waals surface area (Å²) in [6.07, 6.45) is 8.23. The minimum absolute atomic E-state index is 0.315. The standard InChI is InChI=1S/C20H31N3O2S/c1-22-13-4-6-19(15-22)26(24,25)21-17-9-7-16(8-10-17)20-12-11-18-5-2-3-14-23(18)20/h7-10,18-21H,2-6,11-15H2,1H3/t18-,19?,20-/m1/s1. The molecule has 3 aliphatic rings. The van der Waals surface area contributed by atoms with Crippen molar-refractivity contribution in [3.8, 4) is 0 Å². The fourth-order valence-corrected chi connectivity index (χ4v) is 6.57. The maximum absolute atomic E-state index is 12.7. The summed E-state index contributed by atoms with van der Waals surface area (Å²) >= 11 is 0. The molecule has 1 N–H and O–H groups in total. The molecule has 0 amide bonds. The molecule has 1 aromatic carbocycles. The molecule has 1 unspecified atom stereocenters. The quantitative estimate of drug-likeness (QED) is 0.875. The highest BCUT2D eigenvalue weighted by molar-refractivity contribution is 7.93. The first-order valence-corrected chi connectivity index (χ1v) is 11.6. The van der Waals surface area contributed by atoms with E-state index in [-0.39, 0.29) is 5.25 Å². The summed E-state index contributed by atoms with van der Waals surface area (Å²) in [6.45, 7) is 2.81. The molecule has 0 aromatic heterocycles. The van der Waals surface area contributed by atoms with E-state index in [1.165, 1.54) is 44.2 Å². The number of hydrogen-bond acceptors (Lipinski definition) is 4. The normalized spacial score (nSPS) is 30.9. The average Bonchev–Trinajstić information content (AvgIpc) is 3.06. The fourth-order valence-electron chi connectivity index (χ4n) is 5.01. The SMILES string of the molecule is CN1CCCC(S(=O)(=O)Nc2ccc([C@H]3CC[C@H]4CCCCN43)cc2)C1. The van der Waals surface area contributed by atoms with Gasteiger partial charge in [0.2, 0.25) is 10.0 Å². The number of fused-ring (bicyclic) bond motifs is 1. The maximum Gasteiger partial charge on any atom is 0.236 e. The molecule has 3 heterocycles. The van der Waals surface area contributed by atoms with Crippen LogP contribution in [0.2, 0.25) is 0 Å². The second-order valence-electron chi connectivity index (χ2n) is 8.28. The average molecular weight is 378 g/mol. The molecule has 1 aromatic rings. The Bertz CT molecular complexity index is 719. The molecule has 3 fully saturated rings. The third-order valence-corrected chi connectivity index (χ3v) is 8.20. The van der Waals surface area contributed by atoms with Gasteiger partial charge in [0, 0.05) is 24.3 Å². The molecule has 4 rings (SSSR count). The van der Waals surface area contributed by atoms with E-state index in [1.54, 1.807) is 0 Å². The van der Waals surface area contributed by atoms with Crippen LogP contribution in [0.4, 0.5) is 5.69 Å². The maximum atomic E-state index is 12.7. The first-order chi connectivity index (χ1) is 12.5. The van der Waals surface area contributed by atoms with Gasteiger partial charge in [0.25, 0.3) is 0 Å². The molecule has 0 aliphatic carbocycles. The van der Waals surface area contributed by atoms with E-state index in [9.17, 15) is 8.42 Å². The molecule has 0 spiro atoms. The molecule has 0 saturated carbocycles. The minimum Gasteiger partial charge on any atom is -0.305 e. The molecule has 5 nitrogen and oxygen atoms in total. The summed E-state index contributed by atoms with van der Waals surface area (Å²) in [7, 11) is -1.33. The number of nitrogens with zero attached hydrogens (tertiary/aromatic N) is 2. The minimum atomic E-state index is -3.32. The molecule has 3 saturated heterocycles. The van der Waals surface area contributed by atoms with Crippen molar-refractivity contribution in [2.24, 2.45) is 0 Å². The van der Waals surface area contributed by atoms with E-state index in [4.69, 9.17) is 0 Å². The summed E-state index contributed by atoms with van der Waals surface area (Å²) < 4.78 is 28.2. The van der Waals surface area contributed by atoms with Crippen molar-refractivity contribution in [3.63, 3.8) is 0 Å². The lowest BCUT2D eigenvalue weighted by molar-refractivity contribution is 0.150. The van der Waals surface area contributed by atoms with Crippen LogP contribution in [0, 0.1) is 0 Å². The van der Waals surface area contributed by atoms with Crippen LogP contribution in [0.3, 0.4) is 0 Å². The Labute approximate surface area is 157 Å². The van der Waals surface area contributed by atoms with Crippen LogP contribution in [0.25, 0.3) is 0 Å². The third kappa shape index (κ3) is 3.78. The van der Waals surface area contributed by atoms with Crippen LogP contribution in [-0.4, -0.2) is 56.2 Å². The van der Waals surface area contributed by atoms with Crippen molar-refractivity contribution in [2.45, 2.75) is 62.3 Å². The van der Waals surface area contributed by atoms with Crippen molar-refractivity contribution in [1.82, 2.24) is 9.80 Å². The zero-order valence-electron chi connectivity index (χ0n) is 15.7. The van der Waals surface area contributed by atoms with Crippen molar-refractivity contribution >= 4 is 15.7 Å². The molecule has 6 heteroatoms. The molecule has 3 atom stereocenters. The number of anilines is 1. The van der Waals surface area contributed by atoms with Crippen molar-refractivity contribution < 1.29 is 8.42 Å². The van der Waals surface area contributed by atoms with E-state index in [1.807, 2.05) is 19.2 Å². The Morgan fingerprint density at radius 3 is 2.54 bits per heavy atom. The van der Waals surface area contributed by atoms with E-state index >= 15 is 0 Å². The number of rotatable bonds is 4. The van der Waals surface area contributed by atoms with E-state index in [0.717, 1.165) is 25.4 Å². The van der Waals surface area contributed by atoms with Crippen LogP contribution >= 0.6 is 0 Å². The molecule has 26 heavy (non-hydrogen) atoms. The Kier molecular flexibility index (Phi) is 5.26.